The van der Waals surface area contributed by atoms with Crippen LogP contribution in [0.2, 0.25) is 0 Å². The van der Waals surface area contributed by atoms with Crippen LogP contribution in [0.1, 0.15) is 22.9 Å². The summed E-state index contributed by atoms with van der Waals surface area (Å²) in [6.45, 7) is 0. The Labute approximate surface area is 296 Å². The number of hydrogen-bond donors (Lipinski definition) is 0. The van der Waals surface area contributed by atoms with E-state index in [1.165, 1.54) is 55.0 Å². The Morgan fingerprint density at radius 1 is 0.471 bits per heavy atom. The Balaban J connectivity index is 1.19. The van der Waals surface area contributed by atoms with E-state index in [1.807, 2.05) is 0 Å². The first-order valence-electron chi connectivity index (χ1n) is 17.5. The molecule has 1 unspecified atom stereocenters. The standard InChI is InChI=1S/C47H34N4/c1-49-43(33-18-7-3-8-19-33)28-34(32-16-5-2-6-17-32)29-46(49)40-24-15-27-47(48-40)51-42-26-14-12-23-37(42)39-30-38-36-22-11-13-25-41(36)50(44(38)31-45(39)51)35-20-9-4-10-21-35/h2-31,46H,1H3. The van der Waals surface area contributed by atoms with Crippen LogP contribution in [0.15, 0.2) is 182 Å². The van der Waals surface area contributed by atoms with E-state index >= 15 is 0 Å². The van der Waals surface area contributed by atoms with Gasteiger partial charge < -0.3 is 9.47 Å². The molecule has 242 valence electrons. The molecule has 4 heterocycles. The van der Waals surface area contributed by atoms with Crippen molar-refractivity contribution in [1.82, 2.24) is 19.0 Å². The lowest BCUT2D eigenvalue weighted by Crippen LogP contribution is -2.25. The highest BCUT2D eigenvalue weighted by Crippen LogP contribution is 2.41. The molecule has 0 saturated heterocycles. The molecule has 0 spiro atoms. The van der Waals surface area contributed by atoms with Gasteiger partial charge in [-0.15, -0.1) is 0 Å². The number of hydrogen-bond acceptors (Lipinski definition) is 2. The molecule has 51 heavy (non-hydrogen) atoms. The van der Waals surface area contributed by atoms with E-state index in [4.69, 9.17) is 4.98 Å². The zero-order chi connectivity index (χ0) is 33.9. The van der Waals surface area contributed by atoms with E-state index in [9.17, 15) is 0 Å². The van der Waals surface area contributed by atoms with Crippen molar-refractivity contribution in [1.29, 1.82) is 0 Å². The van der Waals surface area contributed by atoms with Crippen molar-refractivity contribution in [2.45, 2.75) is 6.04 Å². The lowest BCUT2D eigenvalue weighted by atomic mass is 9.94. The molecule has 1 atom stereocenters. The number of para-hydroxylation sites is 3. The van der Waals surface area contributed by atoms with Crippen molar-refractivity contribution < 1.29 is 0 Å². The van der Waals surface area contributed by atoms with Crippen LogP contribution in [0, 0.1) is 0 Å². The molecule has 6 aromatic carbocycles. The van der Waals surface area contributed by atoms with Gasteiger partial charge in [-0.1, -0.05) is 121 Å². The van der Waals surface area contributed by atoms with Gasteiger partial charge in [0, 0.05) is 40.0 Å². The average molecular weight is 655 g/mol. The van der Waals surface area contributed by atoms with E-state index in [0.29, 0.717) is 0 Å². The number of pyridine rings is 1. The molecule has 0 N–H and O–H groups in total. The van der Waals surface area contributed by atoms with Crippen LogP contribution in [0.5, 0.6) is 0 Å². The second kappa shape index (κ2) is 11.7. The summed E-state index contributed by atoms with van der Waals surface area (Å²) in [4.78, 5) is 7.84. The van der Waals surface area contributed by atoms with Gasteiger partial charge in [-0.2, -0.15) is 0 Å². The number of fused-ring (bicyclic) bond motifs is 6. The van der Waals surface area contributed by atoms with Gasteiger partial charge in [0.25, 0.3) is 0 Å². The third-order valence-electron chi connectivity index (χ3n) is 10.4. The van der Waals surface area contributed by atoms with Crippen molar-refractivity contribution in [3.05, 3.63) is 199 Å². The summed E-state index contributed by atoms with van der Waals surface area (Å²) in [7, 11) is 2.18. The van der Waals surface area contributed by atoms with Crippen LogP contribution in [0.25, 0.3) is 66.4 Å². The maximum Gasteiger partial charge on any atom is 0.137 e. The summed E-state index contributed by atoms with van der Waals surface area (Å²) in [5, 5.41) is 4.93. The molecule has 4 nitrogen and oxygen atoms in total. The smallest absolute Gasteiger partial charge is 0.137 e. The largest absolute Gasteiger partial charge is 0.362 e. The summed E-state index contributed by atoms with van der Waals surface area (Å²) in [6, 6.07) is 60.6. The first-order chi connectivity index (χ1) is 25.2. The molecule has 1 aliphatic heterocycles. The number of aromatic nitrogens is 3. The van der Waals surface area contributed by atoms with Crippen molar-refractivity contribution in [2.75, 3.05) is 7.05 Å². The van der Waals surface area contributed by atoms with Gasteiger partial charge in [0.15, 0.2) is 0 Å². The number of likely N-dealkylation sites (N-methyl/N-ethyl adjacent to an activating group) is 1. The van der Waals surface area contributed by atoms with Crippen molar-refractivity contribution >= 4 is 54.9 Å². The van der Waals surface area contributed by atoms with E-state index in [0.717, 1.165) is 28.2 Å². The summed E-state index contributed by atoms with van der Waals surface area (Å²) in [6.07, 6.45) is 4.65. The Hall–Kier alpha value is -6.65. The highest BCUT2D eigenvalue weighted by Gasteiger charge is 2.26. The van der Waals surface area contributed by atoms with Crippen molar-refractivity contribution in [2.24, 2.45) is 0 Å². The predicted molar refractivity (Wildman–Crippen MR) is 212 cm³/mol. The minimum absolute atomic E-state index is 0.0687. The first kappa shape index (κ1) is 29.3. The van der Waals surface area contributed by atoms with Crippen LogP contribution in [0.4, 0.5) is 0 Å². The second-order valence-corrected chi connectivity index (χ2v) is 13.3. The summed E-state index contributed by atoms with van der Waals surface area (Å²) in [5.41, 5.74) is 11.5. The average Bonchev–Trinajstić information content (AvgIpc) is 3.70. The fraction of sp³-hybridized carbons (Fsp3) is 0.0426. The molecular weight excluding hydrogens is 621 g/mol. The normalized spacial score (nSPS) is 14.8. The maximum absolute atomic E-state index is 5.49. The first-order valence-corrected chi connectivity index (χ1v) is 17.5. The molecular formula is C47H34N4. The SMILES string of the molecule is CN1C(c2ccccc2)=CC(c2ccccc2)=CC1c1cccc(-n2c3ccccc3c3cc4c5ccccc5n(-c5ccccc5)c4cc32)n1. The lowest BCUT2D eigenvalue weighted by Gasteiger charge is -2.34. The number of rotatable bonds is 5. The molecule has 0 amide bonds. The molecule has 10 rings (SSSR count). The van der Waals surface area contributed by atoms with Crippen molar-refractivity contribution in [3.8, 4) is 11.5 Å². The fourth-order valence-corrected chi connectivity index (χ4v) is 7.98. The minimum Gasteiger partial charge on any atom is -0.362 e. The summed E-state index contributed by atoms with van der Waals surface area (Å²) in [5.74, 6) is 0.902. The van der Waals surface area contributed by atoms with Crippen LogP contribution in [-0.2, 0) is 0 Å². The molecule has 0 fully saturated rings. The molecule has 9 aromatic rings. The molecule has 0 bridgehead atoms. The van der Waals surface area contributed by atoms with Gasteiger partial charge in [0.1, 0.15) is 5.82 Å². The van der Waals surface area contributed by atoms with Crippen LogP contribution in [-0.4, -0.2) is 26.1 Å². The number of nitrogens with zero attached hydrogens (tertiary/aromatic N) is 4. The zero-order valence-corrected chi connectivity index (χ0v) is 28.2. The van der Waals surface area contributed by atoms with Crippen LogP contribution in [0.3, 0.4) is 0 Å². The zero-order valence-electron chi connectivity index (χ0n) is 28.2. The van der Waals surface area contributed by atoms with E-state index in [-0.39, 0.29) is 6.04 Å². The monoisotopic (exact) mass is 654 g/mol. The Kier molecular flexibility index (Phi) is 6.75. The van der Waals surface area contributed by atoms with E-state index < -0.39 is 0 Å². The molecule has 3 aromatic heterocycles. The van der Waals surface area contributed by atoms with Crippen LogP contribution < -0.4 is 0 Å². The molecule has 4 heteroatoms. The summed E-state index contributed by atoms with van der Waals surface area (Å²) >= 11 is 0. The minimum atomic E-state index is -0.0687. The Bertz CT molecular complexity index is 2810. The predicted octanol–water partition coefficient (Wildman–Crippen LogP) is 11.4. The number of benzene rings is 6. The number of allylic oxidation sites excluding steroid dienone is 2. The second-order valence-electron chi connectivity index (χ2n) is 13.3. The topological polar surface area (TPSA) is 26.0 Å². The third kappa shape index (κ3) is 4.72. The fourth-order valence-electron chi connectivity index (χ4n) is 7.98. The van der Waals surface area contributed by atoms with E-state index in [1.54, 1.807) is 0 Å². The van der Waals surface area contributed by atoms with Gasteiger partial charge in [0.2, 0.25) is 0 Å². The quantitative estimate of drug-likeness (QED) is 0.185. The summed E-state index contributed by atoms with van der Waals surface area (Å²) < 4.78 is 4.74. The van der Waals surface area contributed by atoms with Crippen molar-refractivity contribution in [3.63, 3.8) is 0 Å². The van der Waals surface area contributed by atoms with Crippen LogP contribution >= 0.6 is 0 Å². The highest BCUT2D eigenvalue weighted by molar-refractivity contribution is 6.19. The van der Waals surface area contributed by atoms with Gasteiger partial charge in [-0.25, -0.2) is 4.98 Å². The molecule has 0 aliphatic carbocycles. The molecule has 1 aliphatic rings. The van der Waals surface area contributed by atoms with E-state index in [2.05, 4.69) is 203 Å². The Morgan fingerprint density at radius 2 is 1.04 bits per heavy atom. The molecule has 0 saturated carbocycles. The Morgan fingerprint density at radius 3 is 1.73 bits per heavy atom. The highest BCUT2D eigenvalue weighted by atomic mass is 15.2. The van der Waals surface area contributed by atoms with Gasteiger partial charge >= 0.3 is 0 Å². The maximum atomic E-state index is 5.49. The van der Waals surface area contributed by atoms with Gasteiger partial charge in [0.05, 0.1) is 33.8 Å². The van der Waals surface area contributed by atoms with Gasteiger partial charge in [-0.05, 0) is 77.4 Å². The third-order valence-corrected chi connectivity index (χ3v) is 10.4. The van der Waals surface area contributed by atoms with Gasteiger partial charge in [-0.3, -0.25) is 4.57 Å². The molecule has 0 radical (unpaired) electrons. The lowest BCUT2D eigenvalue weighted by molar-refractivity contribution is 0.406.